The largest absolute Gasteiger partial charge is 0.496 e. The molecule has 1 aliphatic rings. The van der Waals surface area contributed by atoms with Gasteiger partial charge in [0.25, 0.3) is 0 Å². The summed E-state index contributed by atoms with van der Waals surface area (Å²) in [5.41, 5.74) is 1.10. The maximum Gasteiger partial charge on any atom is 0.124 e. The van der Waals surface area contributed by atoms with Crippen molar-refractivity contribution in [3.63, 3.8) is 0 Å². The molecule has 1 aliphatic heterocycles. The first-order valence-corrected chi connectivity index (χ1v) is 4.83. The molecule has 1 atom stereocenters. The number of rotatable bonds is 2. The standard InChI is InChI=1S/C12H14O2/c1-13-11-7-3-2-6-10(11)12-8-4-5-9-14-12/h2-4,6-8,12H,5,9H2,1H3. The minimum atomic E-state index is 0.0555. The summed E-state index contributed by atoms with van der Waals surface area (Å²) in [4.78, 5) is 0. The van der Waals surface area contributed by atoms with E-state index in [0.29, 0.717) is 0 Å². The summed E-state index contributed by atoms with van der Waals surface area (Å²) in [5, 5.41) is 0. The van der Waals surface area contributed by atoms with Crippen LogP contribution in [0.25, 0.3) is 0 Å². The third kappa shape index (κ3) is 1.80. The zero-order valence-corrected chi connectivity index (χ0v) is 8.27. The van der Waals surface area contributed by atoms with E-state index in [1.54, 1.807) is 7.11 Å². The van der Waals surface area contributed by atoms with Crippen LogP contribution < -0.4 is 4.74 Å². The van der Waals surface area contributed by atoms with Crippen LogP contribution in [0.5, 0.6) is 5.75 Å². The number of hydrogen-bond acceptors (Lipinski definition) is 2. The van der Waals surface area contributed by atoms with Crippen LogP contribution in [0.2, 0.25) is 0 Å². The lowest BCUT2D eigenvalue weighted by molar-refractivity contribution is 0.0783. The molecule has 0 saturated heterocycles. The quantitative estimate of drug-likeness (QED) is 0.667. The first-order valence-electron chi connectivity index (χ1n) is 4.83. The highest BCUT2D eigenvalue weighted by molar-refractivity contribution is 5.37. The van der Waals surface area contributed by atoms with Gasteiger partial charge < -0.3 is 9.47 Å². The highest BCUT2D eigenvalue weighted by atomic mass is 16.5. The van der Waals surface area contributed by atoms with Gasteiger partial charge in [0.1, 0.15) is 11.9 Å². The van der Waals surface area contributed by atoms with E-state index in [0.717, 1.165) is 24.3 Å². The lowest BCUT2D eigenvalue weighted by atomic mass is 10.1. The number of methoxy groups -OCH3 is 1. The fourth-order valence-electron chi connectivity index (χ4n) is 1.63. The molecule has 0 bridgehead atoms. The Hall–Kier alpha value is -1.28. The van der Waals surface area contributed by atoms with Crippen LogP contribution in [0.3, 0.4) is 0 Å². The number of benzene rings is 1. The predicted molar refractivity (Wildman–Crippen MR) is 55.4 cm³/mol. The molecule has 1 heterocycles. The minimum absolute atomic E-state index is 0.0555. The fraction of sp³-hybridized carbons (Fsp3) is 0.333. The SMILES string of the molecule is COc1ccccc1C1C=CCCO1. The van der Waals surface area contributed by atoms with E-state index in [2.05, 4.69) is 12.2 Å². The second kappa shape index (κ2) is 4.29. The van der Waals surface area contributed by atoms with Crippen LogP contribution in [-0.4, -0.2) is 13.7 Å². The van der Waals surface area contributed by atoms with E-state index in [1.165, 1.54) is 0 Å². The van der Waals surface area contributed by atoms with Gasteiger partial charge in [0.15, 0.2) is 0 Å². The molecule has 14 heavy (non-hydrogen) atoms. The molecular formula is C12H14O2. The highest BCUT2D eigenvalue weighted by Crippen LogP contribution is 2.30. The van der Waals surface area contributed by atoms with Gasteiger partial charge in [-0.3, -0.25) is 0 Å². The summed E-state index contributed by atoms with van der Waals surface area (Å²) in [6.45, 7) is 0.791. The Balaban J connectivity index is 2.29. The van der Waals surface area contributed by atoms with E-state index in [9.17, 15) is 0 Å². The van der Waals surface area contributed by atoms with Crippen molar-refractivity contribution in [2.24, 2.45) is 0 Å². The molecule has 2 nitrogen and oxygen atoms in total. The molecule has 2 rings (SSSR count). The monoisotopic (exact) mass is 190 g/mol. The Morgan fingerprint density at radius 3 is 2.93 bits per heavy atom. The molecule has 0 radical (unpaired) electrons. The summed E-state index contributed by atoms with van der Waals surface area (Å²) >= 11 is 0. The van der Waals surface area contributed by atoms with Crippen molar-refractivity contribution >= 4 is 0 Å². The summed E-state index contributed by atoms with van der Waals surface area (Å²) in [7, 11) is 1.69. The fourth-order valence-corrected chi connectivity index (χ4v) is 1.63. The van der Waals surface area contributed by atoms with Crippen molar-refractivity contribution in [1.29, 1.82) is 0 Å². The van der Waals surface area contributed by atoms with E-state index < -0.39 is 0 Å². The third-order valence-corrected chi connectivity index (χ3v) is 2.34. The van der Waals surface area contributed by atoms with E-state index in [1.807, 2.05) is 24.3 Å². The molecule has 2 heteroatoms. The zero-order valence-electron chi connectivity index (χ0n) is 8.27. The molecule has 0 saturated carbocycles. The predicted octanol–water partition coefficient (Wildman–Crippen LogP) is 2.71. The van der Waals surface area contributed by atoms with Gasteiger partial charge in [0.05, 0.1) is 13.7 Å². The van der Waals surface area contributed by atoms with Crippen molar-refractivity contribution in [2.45, 2.75) is 12.5 Å². The lowest BCUT2D eigenvalue weighted by Gasteiger charge is -2.19. The maximum atomic E-state index is 5.64. The Morgan fingerprint density at radius 1 is 1.36 bits per heavy atom. The van der Waals surface area contributed by atoms with Crippen LogP contribution in [0.4, 0.5) is 0 Å². The van der Waals surface area contributed by atoms with Crippen molar-refractivity contribution in [2.75, 3.05) is 13.7 Å². The smallest absolute Gasteiger partial charge is 0.124 e. The first kappa shape index (κ1) is 9.28. The summed E-state index contributed by atoms with van der Waals surface area (Å²) < 4.78 is 10.9. The van der Waals surface area contributed by atoms with Gasteiger partial charge >= 0.3 is 0 Å². The molecule has 0 spiro atoms. The first-order chi connectivity index (χ1) is 6.92. The number of hydrogen-bond donors (Lipinski definition) is 0. The third-order valence-electron chi connectivity index (χ3n) is 2.34. The van der Waals surface area contributed by atoms with Crippen LogP contribution in [0, 0.1) is 0 Å². The summed E-state index contributed by atoms with van der Waals surface area (Å²) in [6.07, 6.45) is 5.30. The van der Waals surface area contributed by atoms with Crippen LogP contribution in [-0.2, 0) is 4.74 Å². The molecule has 1 aromatic rings. The normalized spacial score (nSPS) is 20.8. The molecular weight excluding hydrogens is 176 g/mol. The summed E-state index contributed by atoms with van der Waals surface area (Å²) in [5.74, 6) is 0.893. The Kier molecular flexibility index (Phi) is 2.84. The molecule has 0 aromatic heterocycles. The van der Waals surface area contributed by atoms with Crippen molar-refractivity contribution in [3.8, 4) is 5.75 Å². The van der Waals surface area contributed by atoms with Gasteiger partial charge in [-0.05, 0) is 12.5 Å². The zero-order chi connectivity index (χ0) is 9.80. The maximum absolute atomic E-state index is 5.64. The molecule has 0 fully saturated rings. The van der Waals surface area contributed by atoms with Crippen LogP contribution in [0.1, 0.15) is 18.1 Å². The van der Waals surface area contributed by atoms with Gasteiger partial charge in [-0.2, -0.15) is 0 Å². The molecule has 1 aromatic carbocycles. The molecule has 1 unspecified atom stereocenters. The number of ether oxygens (including phenoxy) is 2. The molecule has 0 amide bonds. The van der Waals surface area contributed by atoms with E-state index >= 15 is 0 Å². The Bertz CT molecular complexity index is 331. The van der Waals surface area contributed by atoms with E-state index in [-0.39, 0.29) is 6.10 Å². The second-order valence-electron chi connectivity index (χ2n) is 3.25. The van der Waals surface area contributed by atoms with Crippen molar-refractivity contribution < 1.29 is 9.47 Å². The van der Waals surface area contributed by atoms with Crippen LogP contribution >= 0.6 is 0 Å². The molecule has 0 N–H and O–H groups in total. The van der Waals surface area contributed by atoms with Gasteiger partial charge in [-0.25, -0.2) is 0 Å². The average Bonchev–Trinajstić information content (AvgIpc) is 2.30. The minimum Gasteiger partial charge on any atom is -0.496 e. The topological polar surface area (TPSA) is 18.5 Å². The lowest BCUT2D eigenvalue weighted by Crippen LogP contribution is -2.07. The van der Waals surface area contributed by atoms with Gasteiger partial charge in [0.2, 0.25) is 0 Å². The molecule has 0 aliphatic carbocycles. The summed E-state index contributed by atoms with van der Waals surface area (Å²) in [6, 6.07) is 7.97. The Labute approximate surface area is 84.2 Å². The average molecular weight is 190 g/mol. The van der Waals surface area contributed by atoms with Crippen molar-refractivity contribution in [1.82, 2.24) is 0 Å². The van der Waals surface area contributed by atoms with Gasteiger partial charge in [-0.1, -0.05) is 30.4 Å². The highest BCUT2D eigenvalue weighted by Gasteiger charge is 2.14. The number of para-hydroxylation sites is 1. The van der Waals surface area contributed by atoms with Crippen LogP contribution in [0.15, 0.2) is 36.4 Å². The van der Waals surface area contributed by atoms with E-state index in [4.69, 9.17) is 9.47 Å². The Morgan fingerprint density at radius 2 is 2.21 bits per heavy atom. The van der Waals surface area contributed by atoms with Crippen molar-refractivity contribution in [3.05, 3.63) is 42.0 Å². The molecule has 74 valence electrons. The van der Waals surface area contributed by atoms with Gasteiger partial charge in [0, 0.05) is 5.56 Å². The second-order valence-corrected chi connectivity index (χ2v) is 3.25. The van der Waals surface area contributed by atoms with Gasteiger partial charge in [-0.15, -0.1) is 0 Å².